The Morgan fingerprint density at radius 3 is 2.45 bits per heavy atom. The van der Waals surface area contributed by atoms with Crippen molar-refractivity contribution >= 4 is 10.0 Å². The Balaban J connectivity index is 2.04. The molecule has 0 spiro atoms. The van der Waals surface area contributed by atoms with Crippen LogP contribution >= 0.6 is 0 Å². The van der Waals surface area contributed by atoms with Crippen molar-refractivity contribution in [3.63, 3.8) is 0 Å². The van der Waals surface area contributed by atoms with Crippen molar-refractivity contribution in [1.29, 1.82) is 0 Å². The van der Waals surface area contributed by atoms with Gasteiger partial charge in [-0.15, -0.1) is 0 Å². The molecule has 196 valence electrons. The number of piperidine rings is 1. The minimum Gasteiger partial charge on any atom is -0.380 e. The summed E-state index contributed by atoms with van der Waals surface area (Å²) in [6.45, 7) is 5.94. The summed E-state index contributed by atoms with van der Waals surface area (Å²) in [6, 6.07) is -0.498. The fourth-order valence-corrected chi connectivity index (χ4v) is 6.90. The molecule has 0 bridgehead atoms. The minimum atomic E-state index is -3.69. The number of sulfonamides is 1. The third-order valence-corrected chi connectivity index (χ3v) is 9.92. The van der Waals surface area contributed by atoms with Gasteiger partial charge in [-0.1, -0.05) is 6.92 Å². The molecule has 8 atom stereocenters. The van der Waals surface area contributed by atoms with Crippen LogP contribution in [0.4, 0.5) is 0 Å². The Labute approximate surface area is 200 Å². The molecule has 0 amide bonds. The molecular weight excluding hydrogens is 444 g/mol. The predicted molar refractivity (Wildman–Crippen MR) is 132 cm³/mol. The quantitative estimate of drug-likeness (QED) is 0.196. The zero-order chi connectivity index (χ0) is 24.6. The summed E-state index contributed by atoms with van der Waals surface area (Å²) in [7, 11) is 1.54. The molecular formula is C22H48N6O4S. The Morgan fingerprint density at radius 2 is 1.91 bits per heavy atom. The van der Waals surface area contributed by atoms with E-state index < -0.39 is 21.3 Å². The molecule has 0 aromatic carbocycles. The highest BCUT2D eigenvalue weighted by Crippen LogP contribution is 2.33. The molecule has 11 heteroatoms. The molecule has 33 heavy (non-hydrogen) atoms. The van der Waals surface area contributed by atoms with Crippen molar-refractivity contribution in [3.05, 3.63) is 0 Å². The summed E-state index contributed by atoms with van der Waals surface area (Å²) in [4.78, 5) is 0. The molecule has 2 fully saturated rings. The van der Waals surface area contributed by atoms with Crippen molar-refractivity contribution in [2.24, 2.45) is 23.3 Å². The second kappa shape index (κ2) is 13.1. The van der Waals surface area contributed by atoms with E-state index in [-0.39, 0.29) is 42.9 Å². The van der Waals surface area contributed by atoms with Crippen LogP contribution in [0.25, 0.3) is 0 Å². The summed E-state index contributed by atoms with van der Waals surface area (Å²) in [5.41, 5.74) is 11.7. The highest BCUT2D eigenvalue weighted by molar-refractivity contribution is 7.90. The van der Waals surface area contributed by atoms with Crippen LogP contribution in [-0.2, 0) is 19.5 Å². The largest absolute Gasteiger partial charge is 0.380 e. The van der Waals surface area contributed by atoms with E-state index in [2.05, 4.69) is 34.5 Å². The van der Waals surface area contributed by atoms with Crippen LogP contribution in [0.15, 0.2) is 0 Å². The maximum atomic E-state index is 13.4. The monoisotopic (exact) mass is 492 g/mol. The Kier molecular flexibility index (Phi) is 11.4. The maximum absolute atomic E-state index is 13.4. The third-order valence-electron chi connectivity index (χ3n) is 8.09. The lowest BCUT2D eigenvalue weighted by atomic mass is 9.79. The lowest BCUT2D eigenvalue weighted by Gasteiger charge is -2.43. The molecule has 0 aromatic heterocycles. The fourth-order valence-electron chi connectivity index (χ4n) is 5.46. The predicted octanol–water partition coefficient (Wildman–Crippen LogP) is -0.696. The van der Waals surface area contributed by atoms with Gasteiger partial charge in [-0.05, 0) is 71.0 Å². The first kappa shape index (κ1) is 28.9. The first-order valence-corrected chi connectivity index (χ1v) is 13.9. The highest BCUT2D eigenvalue weighted by Gasteiger charge is 2.42. The molecule has 1 aliphatic heterocycles. The van der Waals surface area contributed by atoms with Gasteiger partial charge in [-0.2, -0.15) is 0 Å². The van der Waals surface area contributed by atoms with E-state index in [0.29, 0.717) is 12.5 Å². The molecule has 2 aliphatic rings. The highest BCUT2D eigenvalue weighted by atomic mass is 32.2. The molecule has 0 radical (unpaired) electrons. The van der Waals surface area contributed by atoms with E-state index in [4.69, 9.17) is 20.9 Å². The van der Waals surface area contributed by atoms with Crippen molar-refractivity contribution in [2.75, 3.05) is 47.4 Å². The van der Waals surface area contributed by atoms with E-state index in [9.17, 15) is 8.42 Å². The number of ether oxygens (including phenoxy) is 2. The van der Waals surface area contributed by atoms with Gasteiger partial charge in [0.15, 0.2) is 0 Å². The van der Waals surface area contributed by atoms with Gasteiger partial charge in [-0.25, -0.2) is 13.1 Å². The van der Waals surface area contributed by atoms with Crippen LogP contribution in [0, 0.1) is 11.8 Å². The fraction of sp³-hybridized carbons (Fsp3) is 1.00. The summed E-state index contributed by atoms with van der Waals surface area (Å²) < 4.78 is 41.1. The van der Waals surface area contributed by atoms with Crippen molar-refractivity contribution in [1.82, 2.24) is 20.7 Å². The molecule has 8 unspecified atom stereocenters. The lowest BCUT2D eigenvalue weighted by Crippen LogP contribution is -2.64. The van der Waals surface area contributed by atoms with Crippen molar-refractivity contribution in [2.45, 2.75) is 81.2 Å². The standard InChI is InChI=1S/C22H48N6O4S/c1-6-22(2,32-5)16-9-10-26-19(11-16)27-14-17(13-24)33(29,30)28-21-18(31-4)8-7-15(12-23)20(21)25-3/h15-21,25-28H,6-14,23-24H2,1-5H3. The first-order valence-electron chi connectivity index (χ1n) is 12.3. The molecule has 1 aliphatic carbocycles. The minimum absolute atomic E-state index is 0.0158. The van der Waals surface area contributed by atoms with Gasteiger partial charge in [-0.3, -0.25) is 0 Å². The maximum Gasteiger partial charge on any atom is 0.217 e. The van der Waals surface area contributed by atoms with Gasteiger partial charge in [0.2, 0.25) is 10.0 Å². The van der Waals surface area contributed by atoms with E-state index in [1.54, 1.807) is 14.2 Å². The third kappa shape index (κ3) is 7.08. The van der Waals surface area contributed by atoms with Crippen LogP contribution in [-0.4, -0.2) is 91.1 Å². The molecule has 1 saturated carbocycles. The normalized spacial score (nSPS) is 34.0. The van der Waals surface area contributed by atoms with Crippen LogP contribution in [0.3, 0.4) is 0 Å². The lowest BCUT2D eigenvalue weighted by molar-refractivity contribution is -0.0616. The topological polar surface area (TPSA) is 153 Å². The van der Waals surface area contributed by atoms with Gasteiger partial charge in [0, 0.05) is 33.4 Å². The second-order valence-electron chi connectivity index (χ2n) is 9.71. The number of hydrogen-bond acceptors (Lipinski definition) is 9. The number of hydrogen-bond donors (Lipinski definition) is 6. The van der Waals surface area contributed by atoms with E-state index in [0.717, 1.165) is 38.6 Å². The van der Waals surface area contributed by atoms with Crippen LogP contribution in [0.5, 0.6) is 0 Å². The smallest absolute Gasteiger partial charge is 0.217 e. The van der Waals surface area contributed by atoms with Crippen LogP contribution in [0.1, 0.15) is 46.0 Å². The zero-order valence-corrected chi connectivity index (χ0v) is 21.9. The van der Waals surface area contributed by atoms with Crippen LogP contribution < -0.4 is 32.1 Å². The van der Waals surface area contributed by atoms with Crippen molar-refractivity contribution < 1.29 is 17.9 Å². The average Bonchev–Trinajstić information content (AvgIpc) is 2.83. The number of nitrogens with one attached hydrogen (secondary N) is 4. The zero-order valence-electron chi connectivity index (χ0n) is 21.1. The SMILES string of the molecule is CCC(C)(OC)C1CCNC(NCC(CN)S(=O)(=O)NC2C(OC)CCC(CN)C2NC)C1. The number of nitrogens with two attached hydrogens (primary N) is 2. The Morgan fingerprint density at radius 1 is 1.18 bits per heavy atom. The number of methoxy groups -OCH3 is 2. The summed E-state index contributed by atoms with van der Waals surface area (Å²) in [6.07, 6.45) is 4.30. The Hall–Kier alpha value is -0.370. The molecule has 8 N–H and O–H groups in total. The number of likely N-dealkylation sites (N-methyl/N-ethyl adjacent to an activating group) is 1. The molecule has 0 aromatic rings. The molecule has 10 nitrogen and oxygen atoms in total. The second-order valence-corrected chi connectivity index (χ2v) is 11.7. The van der Waals surface area contributed by atoms with E-state index in [1.165, 1.54) is 0 Å². The van der Waals surface area contributed by atoms with E-state index in [1.807, 2.05) is 7.05 Å². The molecule has 1 saturated heterocycles. The molecule has 1 heterocycles. The Bertz CT molecular complexity index is 678. The van der Waals surface area contributed by atoms with Gasteiger partial charge in [0.1, 0.15) is 5.25 Å². The van der Waals surface area contributed by atoms with Crippen molar-refractivity contribution in [3.8, 4) is 0 Å². The number of rotatable bonds is 13. The molecule has 2 rings (SSSR count). The summed E-state index contributed by atoms with van der Waals surface area (Å²) >= 11 is 0. The van der Waals surface area contributed by atoms with Gasteiger partial charge >= 0.3 is 0 Å². The first-order chi connectivity index (χ1) is 15.7. The average molecular weight is 493 g/mol. The van der Waals surface area contributed by atoms with E-state index >= 15 is 0 Å². The van der Waals surface area contributed by atoms with Gasteiger partial charge in [0.25, 0.3) is 0 Å². The van der Waals surface area contributed by atoms with Gasteiger partial charge in [0.05, 0.1) is 23.9 Å². The summed E-state index contributed by atoms with van der Waals surface area (Å²) in [5.74, 6) is 0.576. The van der Waals surface area contributed by atoms with Crippen LogP contribution in [0.2, 0.25) is 0 Å². The van der Waals surface area contributed by atoms with Gasteiger partial charge < -0.3 is 36.9 Å². The summed E-state index contributed by atoms with van der Waals surface area (Å²) in [5, 5.41) is 9.36.